The van der Waals surface area contributed by atoms with Crippen LogP contribution in [0.1, 0.15) is 28.4 Å². The second-order valence-electron chi connectivity index (χ2n) is 6.24. The zero-order chi connectivity index (χ0) is 22.9. The number of carbonyl (C=O) groups is 2. The third kappa shape index (κ3) is 8.27. The van der Waals surface area contributed by atoms with Gasteiger partial charge in [-0.1, -0.05) is 42.5 Å². The van der Waals surface area contributed by atoms with E-state index in [9.17, 15) is 26.8 Å². The summed E-state index contributed by atoms with van der Waals surface area (Å²) in [7, 11) is -4.50. The van der Waals surface area contributed by atoms with Gasteiger partial charge in [-0.3, -0.25) is 4.79 Å². The van der Waals surface area contributed by atoms with Crippen LogP contribution in [0, 0.1) is 0 Å². The van der Waals surface area contributed by atoms with E-state index >= 15 is 0 Å². The Morgan fingerprint density at radius 1 is 1.06 bits per heavy atom. The normalized spacial score (nSPS) is 12.6. The van der Waals surface area contributed by atoms with Crippen LogP contribution < -0.4 is 5.32 Å². The van der Waals surface area contributed by atoms with E-state index < -0.39 is 34.6 Å². The molecule has 0 aliphatic carbocycles. The molecule has 0 spiro atoms. The molecule has 0 aromatic heterocycles. The molecule has 2 aromatic rings. The van der Waals surface area contributed by atoms with Crippen molar-refractivity contribution in [2.75, 3.05) is 6.61 Å². The van der Waals surface area contributed by atoms with Crippen molar-refractivity contribution < 1.29 is 35.7 Å². The van der Waals surface area contributed by atoms with Gasteiger partial charge in [-0.15, -0.1) is 0 Å². The van der Waals surface area contributed by atoms with Crippen LogP contribution >= 0.6 is 0 Å². The monoisotopic (exact) mass is 453 g/mol. The summed E-state index contributed by atoms with van der Waals surface area (Å²) in [6.07, 6.45) is 1.23. The molecule has 0 radical (unpaired) electrons. The molecule has 1 amide bonds. The number of amides is 1. The number of nitrogens with one attached hydrogen (secondary N) is 1. The molecule has 0 aliphatic rings. The summed E-state index contributed by atoms with van der Waals surface area (Å²) >= 11 is 0. The first kappa shape index (κ1) is 24.2. The van der Waals surface area contributed by atoms with Crippen LogP contribution in [0.25, 0.3) is 6.08 Å². The fourth-order valence-corrected chi connectivity index (χ4v) is 3.15. The van der Waals surface area contributed by atoms with E-state index in [2.05, 4.69) is 9.50 Å². The first-order chi connectivity index (χ1) is 14.7. The molecule has 2 aromatic carbocycles. The zero-order valence-electron chi connectivity index (χ0n) is 16.5. The Bertz CT molecular complexity index is 1010. The molecule has 0 fully saturated rings. The van der Waals surface area contributed by atoms with Gasteiger partial charge in [0.05, 0.1) is 12.0 Å². The molecule has 0 heterocycles. The fourth-order valence-electron chi connectivity index (χ4n) is 2.56. The summed E-state index contributed by atoms with van der Waals surface area (Å²) in [5, 5.41) is 3.17. The van der Waals surface area contributed by atoms with Crippen LogP contribution in [0.4, 0.5) is 8.78 Å². The fraction of sp³-hybridized carbons (Fsp3) is 0.238. The maximum Gasteiger partial charge on any atom is 0.359 e. The van der Waals surface area contributed by atoms with Crippen LogP contribution in [0.2, 0.25) is 0 Å². The van der Waals surface area contributed by atoms with Crippen LogP contribution in [-0.2, 0) is 30.3 Å². The summed E-state index contributed by atoms with van der Waals surface area (Å²) < 4.78 is 55.3. The number of hydrogen-bond donors (Lipinski definition) is 1. The highest BCUT2D eigenvalue weighted by Gasteiger charge is 2.23. The summed E-state index contributed by atoms with van der Waals surface area (Å²) in [4.78, 5) is 24.7. The maximum absolute atomic E-state index is 12.4. The first-order valence-corrected chi connectivity index (χ1v) is 10.7. The van der Waals surface area contributed by atoms with Crippen molar-refractivity contribution in [3.8, 4) is 0 Å². The van der Waals surface area contributed by atoms with E-state index in [1.165, 1.54) is 12.1 Å². The average molecular weight is 453 g/mol. The van der Waals surface area contributed by atoms with E-state index in [0.29, 0.717) is 22.1 Å². The van der Waals surface area contributed by atoms with Gasteiger partial charge >= 0.3 is 12.6 Å². The first-order valence-electron chi connectivity index (χ1n) is 9.21. The maximum atomic E-state index is 12.4. The summed E-state index contributed by atoms with van der Waals surface area (Å²) in [5.74, 6) is -1.02. The van der Waals surface area contributed by atoms with Crippen molar-refractivity contribution >= 4 is 28.1 Å². The van der Waals surface area contributed by atoms with E-state index in [1.54, 1.807) is 49.4 Å². The van der Waals surface area contributed by atoms with Gasteiger partial charge in [0.1, 0.15) is 6.04 Å². The molecule has 0 aliphatic heterocycles. The van der Waals surface area contributed by atoms with Crippen molar-refractivity contribution in [2.24, 2.45) is 0 Å². The van der Waals surface area contributed by atoms with E-state index in [0.717, 1.165) is 6.08 Å². The lowest BCUT2D eigenvalue weighted by atomic mass is 10.0. The molecule has 7 nitrogen and oxygen atoms in total. The lowest BCUT2D eigenvalue weighted by Crippen LogP contribution is -2.43. The van der Waals surface area contributed by atoms with Crippen LogP contribution in [-0.4, -0.2) is 39.6 Å². The minimum atomic E-state index is -4.50. The second-order valence-corrected chi connectivity index (χ2v) is 7.69. The van der Waals surface area contributed by atoms with Crippen molar-refractivity contribution in [3.05, 3.63) is 76.7 Å². The Morgan fingerprint density at radius 3 is 2.29 bits per heavy atom. The van der Waals surface area contributed by atoms with Gasteiger partial charge in [0.25, 0.3) is 16.0 Å². The quantitative estimate of drug-likeness (QED) is 0.438. The Hall–Kier alpha value is -3.11. The molecule has 10 heteroatoms. The highest BCUT2D eigenvalue weighted by Crippen LogP contribution is 2.12. The third-order valence-corrected chi connectivity index (χ3v) is 4.85. The number of halogens is 2. The Kier molecular flexibility index (Phi) is 8.83. The second kappa shape index (κ2) is 11.3. The molecule has 1 atom stereocenters. The zero-order valence-corrected chi connectivity index (χ0v) is 17.3. The van der Waals surface area contributed by atoms with Crippen molar-refractivity contribution in [1.82, 2.24) is 5.32 Å². The standard InChI is InChI=1S/C21H21F2NO6S/c1-2-29-20(26)18(24-19(25)17-6-4-3-5-7-17)14-16-10-8-15(9-11-16)12-13-31(27,28)30-21(22)23/h3-13,18,21H,2,14H2,1H3,(H,24,25). The van der Waals surface area contributed by atoms with Crippen molar-refractivity contribution in [1.29, 1.82) is 0 Å². The van der Waals surface area contributed by atoms with Crippen LogP contribution in [0.15, 0.2) is 60.0 Å². The molecule has 1 unspecified atom stereocenters. The molecular weight excluding hydrogens is 432 g/mol. The summed E-state index contributed by atoms with van der Waals surface area (Å²) in [6, 6.07) is 13.8. The number of rotatable bonds is 10. The van der Waals surface area contributed by atoms with Gasteiger partial charge in [-0.25, -0.2) is 4.79 Å². The third-order valence-electron chi connectivity index (χ3n) is 3.97. The Labute approximate surface area is 178 Å². The lowest BCUT2D eigenvalue weighted by Gasteiger charge is -2.17. The molecule has 31 heavy (non-hydrogen) atoms. The number of alkyl halides is 2. The van der Waals surface area contributed by atoms with Crippen LogP contribution in [0.3, 0.4) is 0 Å². The minimum absolute atomic E-state index is 0.133. The van der Waals surface area contributed by atoms with Crippen LogP contribution in [0.5, 0.6) is 0 Å². The smallest absolute Gasteiger partial charge is 0.359 e. The molecule has 2 rings (SSSR count). The molecule has 0 saturated carbocycles. The topological polar surface area (TPSA) is 98.8 Å². The number of carbonyl (C=O) groups excluding carboxylic acids is 2. The van der Waals surface area contributed by atoms with E-state index in [1.807, 2.05) is 0 Å². The van der Waals surface area contributed by atoms with Gasteiger partial charge in [-0.05, 0) is 36.3 Å². The van der Waals surface area contributed by atoms with Gasteiger partial charge in [0.15, 0.2) is 0 Å². The van der Waals surface area contributed by atoms with Gasteiger partial charge in [0.2, 0.25) is 0 Å². The Balaban J connectivity index is 2.10. The highest BCUT2D eigenvalue weighted by atomic mass is 32.2. The number of benzene rings is 2. The van der Waals surface area contributed by atoms with Crippen molar-refractivity contribution in [2.45, 2.75) is 26.0 Å². The van der Waals surface area contributed by atoms with Gasteiger partial charge in [0, 0.05) is 12.0 Å². The molecule has 1 N–H and O–H groups in total. The van der Waals surface area contributed by atoms with E-state index in [4.69, 9.17) is 4.74 Å². The molecule has 0 saturated heterocycles. The Morgan fingerprint density at radius 2 is 1.71 bits per heavy atom. The summed E-state index contributed by atoms with van der Waals surface area (Å²) in [5.41, 5.74) is 1.46. The van der Waals surface area contributed by atoms with Crippen molar-refractivity contribution in [3.63, 3.8) is 0 Å². The lowest BCUT2D eigenvalue weighted by molar-refractivity contribution is -0.145. The largest absolute Gasteiger partial charge is 0.464 e. The van der Waals surface area contributed by atoms with Gasteiger partial charge < -0.3 is 10.1 Å². The summed E-state index contributed by atoms with van der Waals surface area (Å²) in [6.45, 7) is -1.64. The number of ether oxygens (including phenoxy) is 1. The number of hydrogen-bond acceptors (Lipinski definition) is 6. The average Bonchev–Trinajstić information content (AvgIpc) is 2.72. The van der Waals surface area contributed by atoms with Gasteiger partial charge in [-0.2, -0.15) is 21.4 Å². The number of esters is 1. The van der Waals surface area contributed by atoms with E-state index in [-0.39, 0.29) is 13.0 Å². The highest BCUT2D eigenvalue weighted by molar-refractivity contribution is 7.89. The predicted octanol–water partition coefficient (Wildman–Crippen LogP) is 3.13. The molecule has 0 bridgehead atoms. The predicted molar refractivity (Wildman–Crippen MR) is 110 cm³/mol. The minimum Gasteiger partial charge on any atom is -0.464 e. The molecular formula is C21H21F2NO6S. The SMILES string of the molecule is CCOC(=O)C(Cc1ccc(C=CS(=O)(=O)OC(F)F)cc1)NC(=O)c1ccccc1. The molecule has 166 valence electrons.